The number of nitro groups is 1. The van der Waals surface area contributed by atoms with Crippen molar-refractivity contribution in [1.82, 2.24) is 0 Å². The molecule has 0 saturated carbocycles. The monoisotopic (exact) mass is 253 g/mol. The van der Waals surface area contributed by atoms with Crippen molar-refractivity contribution in [2.75, 3.05) is 5.32 Å². The lowest BCUT2D eigenvalue weighted by Gasteiger charge is -2.12. The Morgan fingerprint density at radius 3 is 2.83 bits per heavy atom. The Morgan fingerprint density at radius 2 is 2.28 bits per heavy atom. The number of nitrogens with zero attached hydrogens (tertiary/aromatic N) is 1. The Hall–Kier alpha value is -2.15. The van der Waals surface area contributed by atoms with Crippen LogP contribution < -0.4 is 11.1 Å². The molecule has 0 aliphatic rings. The number of rotatable bonds is 5. The number of nitro benzene ring substituents is 1. The van der Waals surface area contributed by atoms with E-state index in [1.807, 2.05) is 6.92 Å². The molecule has 0 spiro atoms. The lowest BCUT2D eigenvalue weighted by Crippen LogP contribution is -2.35. The molecule has 0 radical (unpaired) electrons. The summed E-state index contributed by atoms with van der Waals surface area (Å²) in [6, 6.07) is 3.03. The van der Waals surface area contributed by atoms with Crippen molar-refractivity contribution in [3.63, 3.8) is 0 Å². The van der Waals surface area contributed by atoms with Gasteiger partial charge in [0.2, 0.25) is 5.91 Å². The Bertz CT molecular complexity index is 462. The minimum Gasteiger partial charge on any atom is -0.505 e. The summed E-state index contributed by atoms with van der Waals surface area (Å²) in [7, 11) is 0. The topological polar surface area (TPSA) is 118 Å². The molecule has 0 fully saturated rings. The Balaban J connectivity index is 2.96. The van der Waals surface area contributed by atoms with Crippen LogP contribution in [-0.4, -0.2) is 22.0 Å². The first kappa shape index (κ1) is 13.9. The molecule has 1 rings (SSSR count). The van der Waals surface area contributed by atoms with Gasteiger partial charge < -0.3 is 16.2 Å². The Kier molecular flexibility index (Phi) is 4.61. The lowest BCUT2D eigenvalue weighted by atomic mass is 10.1. The number of hydrogen-bond acceptors (Lipinski definition) is 5. The largest absolute Gasteiger partial charge is 0.505 e. The van der Waals surface area contributed by atoms with Crippen LogP contribution in [0, 0.1) is 10.1 Å². The highest BCUT2D eigenvalue weighted by Gasteiger charge is 2.21. The lowest BCUT2D eigenvalue weighted by molar-refractivity contribution is -0.384. The van der Waals surface area contributed by atoms with Gasteiger partial charge in [-0.15, -0.1) is 0 Å². The van der Waals surface area contributed by atoms with Gasteiger partial charge >= 0.3 is 0 Å². The Labute approximate surface area is 104 Å². The number of carbonyl (C=O) groups is 1. The maximum atomic E-state index is 11.7. The maximum Gasteiger partial charge on any atom is 0.296 e. The summed E-state index contributed by atoms with van der Waals surface area (Å²) in [5, 5.41) is 22.6. The van der Waals surface area contributed by atoms with Gasteiger partial charge in [0, 0.05) is 6.07 Å². The standard InChI is InChI=1S/C11H15N3O4/c1-2-4-7(12)11(16)13-10-8(14(17)18)5-3-6-9(10)15/h3,5-7,15H,2,4,12H2,1H3,(H,13,16)/t7-/m0/s1. The number of nitrogens with one attached hydrogen (secondary N) is 1. The first-order valence-corrected chi connectivity index (χ1v) is 5.50. The second-order valence-corrected chi connectivity index (χ2v) is 3.81. The first-order valence-electron chi connectivity index (χ1n) is 5.50. The van der Waals surface area contributed by atoms with E-state index in [2.05, 4.69) is 5.32 Å². The van der Waals surface area contributed by atoms with E-state index >= 15 is 0 Å². The number of nitrogens with two attached hydrogens (primary N) is 1. The zero-order valence-electron chi connectivity index (χ0n) is 9.92. The summed E-state index contributed by atoms with van der Waals surface area (Å²) in [6.45, 7) is 1.87. The maximum absolute atomic E-state index is 11.7. The second kappa shape index (κ2) is 5.97. The van der Waals surface area contributed by atoms with Gasteiger partial charge in [0.1, 0.15) is 5.75 Å². The predicted octanol–water partition coefficient (Wildman–Crippen LogP) is 1.37. The van der Waals surface area contributed by atoms with Crippen molar-refractivity contribution < 1.29 is 14.8 Å². The van der Waals surface area contributed by atoms with Crippen molar-refractivity contribution in [3.8, 4) is 5.75 Å². The Morgan fingerprint density at radius 1 is 1.61 bits per heavy atom. The van der Waals surface area contributed by atoms with E-state index < -0.39 is 16.9 Å². The first-order chi connectivity index (χ1) is 8.47. The number of amides is 1. The van der Waals surface area contributed by atoms with Gasteiger partial charge in [0.05, 0.1) is 11.0 Å². The molecule has 0 bridgehead atoms. The highest BCUT2D eigenvalue weighted by Crippen LogP contribution is 2.33. The highest BCUT2D eigenvalue weighted by atomic mass is 16.6. The van der Waals surface area contributed by atoms with Gasteiger partial charge in [0.25, 0.3) is 5.69 Å². The number of anilines is 1. The molecule has 0 aromatic heterocycles. The molecule has 0 aliphatic heterocycles. The van der Waals surface area contributed by atoms with Crippen LogP contribution in [0.5, 0.6) is 5.75 Å². The molecule has 1 atom stereocenters. The van der Waals surface area contributed by atoms with Gasteiger partial charge in [0.15, 0.2) is 5.69 Å². The molecule has 4 N–H and O–H groups in total. The van der Waals surface area contributed by atoms with Crippen molar-refractivity contribution >= 4 is 17.3 Å². The van der Waals surface area contributed by atoms with E-state index in [-0.39, 0.29) is 17.1 Å². The highest BCUT2D eigenvalue weighted by molar-refractivity contribution is 5.98. The van der Waals surface area contributed by atoms with Gasteiger partial charge in [-0.05, 0) is 12.5 Å². The van der Waals surface area contributed by atoms with Gasteiger partial charge in [-0.25, -0.2) is 0 Å². The number of para-hydroxylation sites is 1. The molecule has 98 valence electrons. The van der Waals surface area contributed by atoms with Crippen molar-refractivity contribution in [1.29, 1.82) is 0 Å². The zero-order valence-corrected chi connectivity index (χ0v) is 9.92. The van der Waals surface area contributed by atoms with E-state index in [1.165, 1.54) is 18.2 Å². The van der Waals surface area contributed by atoms with Gasteiger partial charge in [-0.2, -0.15) is 0 Å². The quantitative estimate of drug-likeness (QED) is 0.416. The average molecular weight is 253 g/mol. The third-order valence-electron chi connectivity index (χ3n) is 2.40. The molecule has 7 nitrogen and oxygen atoms in total. The normalized spacial score (nSPS) is 11.9. The van der Waals surface area contributed by atoms with E-state index in [1.54, 1.807) is 0 Å². The van der Waals surface area contributed by atoms with Crippen LogP contribution in [0.25, 0.3) is 0 Å². The van der Waals surface area contributed by atoms with Crippen LogP contribution in [-0.2, 0) is 4.79 Å². The molecule has 0 unspecified atom stereocenters. The number of hydrogen-bond donors (Lipinski definition) is 3. The van der Waals surface area contributed by atoms with Crippen LogP contribution in [0.1, 0.15) is 19.8 Å². The summed E-state index contributed by atoms with van der Waals surface area (Å²) in [4.78, 5) is 21.7. The molecule has 1 aromatic rings. The molecule has 18 heavy (non-hydrogen) atoms. The summed E-state index contributed by atoms with van der Waals surface area (Å²) >= 11 is 0. The minimum absolute atomic E-state index is 0.223. The molecule has 0 heterocycles. The van der Waals surface area contributed by atoms with Crippen LogP contribution in [0.15, 0.2) is 18.2 Å². The third-order valence-corrected chi connectivity index (χ3v) is 2.40. The van der Waals surface area contributed by atoms with Crippen LogP contribution in [0.4, 0.5) is 11.4 Å². The second-order valence-electron chi connectivity index (χ2n) is 3.81. The van der Waals surface area contributed by atoms with Gasteiger partial charge in [-0.3, -0.25) is 14.9 Å². The molecule has 0 aliphatic carbocycles. The fourth-order valence-electron chi connectivity index (χ4n) is 1.47. The number of aromatic hydroxyl groups is 1. The van der Waals surface area contributed by atoms with Crippen molar-refractivity contribution in [2.24, 2.45) is 5.73 Å². The van der Waals surface area contributed by atoms with E-state index in [0.29, 0.717) is 6.42 Å². The number of phenolic OH excluding ortho intramolecular Hbond substituents is 1. The number of phenols is 1. The van der Waals surface area contributed by atoms with Crippen LogP contribution in [0.2, 0.25) is 0 Å². The minimum atomic E-state index is -0.755. The zero-order chi connectivity index (χ0) is 13.7. The summed E-state index contributed by atoms with van der Waals surface area (Å²) < 4.78 is 0. The fourth-order valence-corrected chi connectivity index (χ4v) is 1.47. The molecule has 0 saturated heterocycles. The van der Waals surface area contributed by atoms with Crippen molar-refractivity contribution in [3.05, 3.63) is 28.3 Å². The fraction of sp³-hybridized carbons (Fsp3) is 0.364. The summed E-state index contributed by atoms with van der Waals surface area (Å²) in [5.41, 5.74) is 5.00. The number of carbonyl (C=O) groups excluding carboxylic acids is 1. The molecule has 7 heteroatoms. The smallest absolute Gasteiger partial charge is 0.296 e. The van der Waals surface area contributed by atoms with Gasteiger partial charge in [-0.1, -0.05) is 19.4 Å². The van der Waals surface area contributed by atoms with E-state index in [0.717, 1.165) is 6.42 Å². The molecular formula is C11H15N3O4. The van der Waals surface area contributed by atoms with Crippen molar-refractivity contribution in [2.45, 2.75) is 25.8 Å². The molecular weight excluding hydrogens is 238 g/mol. The summed E-state index contributed by atoms with van der Waals surface area (Å²) in [6.07, 6.45) is 1.19. The van der Waals surface area contributed by atoms with E-state index in [4.69, 9.17) is 5.73 Å². The molecule has 1 aromatic carbocycles. The van der Waals surface area contributed by atoms with Crippen LogP contribution >= 0.6 is 0 Å². The average Bonchev–Trinajstić information content (AvgIpc) is 2.31. The number of benzene rings is 1. The third kappa shape index (κ3) is 3.17. The van der Waals surface area contributed by atoms with E-state index in [9.17, 15) is 20.0 Å². The summed E-state index contributed by atoms with van der Waals surface area (Å²) in [5.74, 6) is -0.914. The van der Waals surface area contributed by atoms with Crippen LogP contribution in [0.3, 0.4) is 0 Å². The molecule has 1 amide bonds. The SMILES string of the molecule is CCC[C@H](N)C(=O)Nc1c(O)cccc1[N+](=O)[O-]. The predicted molar refractivity (Wildman–Crippen MR) is 66.3 cm³/mol.